The molecule has 1 unspecified atom stereocenters. The highest BCUT2D eigenvalue weighted by Crippen LogP contribution is 2.25. The van der Waals surface area contributed by atoms with Gasteiger partial charge in [0.05, 0.1) is 19.1 Å². The van der Waals surface area contributed by atoms with E-state index in [2.05, 4.69) is 0 Å². The van der Waals surface area contributed by atoms with Crippen LogP contribution in [-0.4, -0.2) is 53.2 Å². The standard InChI is InChI=1S/C11H20N2O4/c1-7(2)9(12)10(16)13-5-11(3,6-13)17-4-8(14)15/h7,9H,4-6,12H2,1-3H3,(H,14,15). The van der Waals surface area contributed by atoms with Gasteiger partial charge in [-0.1, -0.05) is 13.8 Å². The molecule has 0 aromatic carbocycles. The van der Waals surface area contributed by atoms with Gasteiger partial charge in [-0.25, -0.2) is 4.79 Å². The van der Waals surface area contributed by atoms with Gasteiger partial charge in [0, 0.05) is 0 Å². The lowest BCUT2D eigenvalue weighted by Gasteiger charge is -2.48. The summed E-state index contributed by atoms with van der Waals surface area (Å²) in [6.07, 6.45) is 0. The van der Waals surface area contributed by atoms with Crippen molar-refractivity contribution in [2.24, 2.45) is 11.7 Å². The van der Waals surface area contributed by atoms with E-state index in [0.29, 0.717) is 13.1 Å². The van der Waals surface area contributed by atoms with E-state index in [1.54, 1.807) is 11.8 Å². The van der Waals surface area contributed by atoms with Crippen molar-refractivity contribution in [1.29, 1.82) is 0 Å². The third kappa shape index (κ3) is 3.41. The van der Waals surface area contributed by atoms with Crippen molar-refractivity contribution in [3.8, 4) is 0 Å². The van der Waals surface area contributed by atoms with Crippen LogP contribution in [0.15, 0.2) is 0 Å². The Labute approximate surface area is 101 Å². The molecule has 1 heterocycles. The van der Waals surface area contributed by atoms with E-state index in [4.69, 9.17) is 15.6 Å². The Bertz CT molecular complexity index is 311. The summed E-state index contributed by atoms with van der Waals surface area (Å²) in [6, 6.07) is -0.501. The van der Waals surface area contributed by atoms with Crippen LogP contribution in [-0.2, 0) is 14.3 Å². The van der Waals surface area contributed by atoms with Crippen LogP contribution < -0.4 is 5.73 Å². The monoisotopic (exact) mass is 244 g/mol. The van der Waals surface area contributed by atoms with Crippen LogP contribution in [0.25, 0.3) is 0 Å². The molecule has 6 heteroatoms. The fourth-order valence-corrected chi connectivity index (χ4v) is 1.74. The van der Waals surface area contributed by atoms with E-state index in [1.807, 2.05) is 13.8 Å². The number of carboxylic acids is 1. The van der Waals surface area contributed by atoms with Gasteiger partial charge in [-0.2, -0.15) is 0 Å². The zero-order valence-corrected chi connectivity index (χ0v) is 10.5. The number of hydrogen-bond donors (Lipinski definition) is 2. The maximum Gasteiger partial charge on any atom is 0.329 e. The van der Waals surface area contributed by atoms with Crippen LogP contribution in [0.1, 0.15) is 20.8 Å². The minimum Gasteiger partial charge on any atom is -0.480 e. The van der Waals surface area contributed by atoms with Crippen LogP contribution in [0.5, 0.6) is 0 Å². The maximum atomic E-state index is 11.8. The molecule has 6 nitrogen and oxygen atoms in total. The summed E-state index contributed by atoms with van der Waals surface area (Å²) in [5.41, 5.74) is 5.20. The number of nitrogens with zero attached hydrogens (tertiary/aromatic N) is 1. The first-order valence-corrected chi connectivity index (χ1v) is 5.65. The van der Waals surface area contributed by atoms with Crippen molar-refractivity contribution >= 4 is 11.9 Å². The third-order valence-corrected chi connectivity index (χ3v) is 2.91. The Kier molecular flexibility index (Phi) is 4.11. The number of carboxylic acid groups (broad SMARTS) is 1. The number of amides is 1. The van der Waals surface area contributed by atoms with E-state index >= 15 is 0 Å². The highest BCUT2D eigenvalue weighted by Gasteiger charge is 2.44. The number of ether oxygens (including phenoxy) is 1. The van der Waals surface area contributed by atoms with Crippen LogP contribution in [0.3, 0.4) is 0 Å². The van der Waals surface area contributed by atoms with Gasteiger partial charge in [-0.15, -0.1) is 0 Å². The van der Waals surface area contributed by atoms with Crippen molar-refractivity contribution < 1.29 is 19.4 Å². The van der Waals surface area contributed by atoms with Crippen molar-refractivity contribution in [3.63, 3.8) is 0 Å². The van der Waals surface area contributed by atoms with E-state index in [9.17, 15) is 9.59 Å². The third-order valence-electron chi connectivity index (χ3n) is 2.91. The van der Waals surface area contributed by atoms with Crippen LogP contribution in [0.2, 0.25) is 0 Å². The first-order valence-electron chi connectivity index (χ1n) is 5.65. The van der Waals surface area contributed by atoms with Crippen molar-refractivity contribution in [2.45, 2.75) is 32.4 Å². The molecule has 98 valence electrons. The van der Waals surface area contributed by atoms with Gasteiger partial charge in [0.1, 0.15) is 12.2 Å². The highest BCUT2D eigenvalue weighted by atomic mass is 16.5. The largest absolute Gasteiger partial charge is 0.480 e. The Morgan fingerprint density at radius 1 is 1.47 bits per heavy atom. The quantitative estimate of drug-likeness (QED) is 0.691. The van der Waals surface area contributed by atoms with Gasteiger partial charge in [0.2, 0.25) is 5.91 Å². The second kappa shape index (κ2) is 5.01. The Balaban J connectivity index is 2.40. The number of carbonyl (C=O) groups excluding carboxylic acids is 1. The molecule has 17 heavy (non-hydrogen) atoms. The SMILES string of the molecule is CC(C)C(N)C(=O)N1CC(C)(OCC(=O)O)C1. The average molecular weight is 244 g/mol. The van der Waals surface area contributed by atoms with Gasteiger partial charge >= 0.3 is 5.97 Å². The molecule has 1 aliphatic heterocycles. The fourth-order valence-electron chi connectivity index (χ4n) is 1.74. The number of likely N-dealkylation sites (tertiary alicyclic amines) is 1. The van der Waals surface area contributed by atoms with E-state index in [-0.39, 0.29) is 18.4 Å². The molecule has 0 aromatic heterocycles. The van der Waals surface area contributed by atoms with Gasteiger partial charge in [-0.3, -0.25) is 4.79 Å². The van der Waals surface area contributed by atoms with Crippen LogP contribution in [0.4, 0.5) is 0 Å². The lowest BCUT2D eigenvalue weighted by Crippen LogP contribution is -2.66. The molecular formula is C11H20N2O4. The molecule has 0 radical (unpaired) electrons. The van der Waals surface area contributed by atoms with Crippen molar-refractivity contribution in [3.05, 3.63) is 0 Å². The summed E-state index contributed by atoms with van der Waals surface area (Å²) in [5.74, 6) is -1.01. The van der Waals surface area contributed by atoms with Crippen LogP contribution >= 0.6 is 0 Å². The molecule has 1 atom stereocenters. The summed E-state index contributed by atoms with van der Waals surface area (Å²) in [4.78, 5) is 23.8. The van der Waals surface area contributed by atoms with Crippen LogP contribution in [0, 0.1) is 5.92 Å². The summed E-state index contributed by atoms with van der Waals surface area (Å²) in [5, 5.41) is 8.51. The molecule has 0 aliphatic carbocycles. The number of rotatable bonds is 5. The summed E-state index contributed by atoms with van der Waals surface area (Å²) >= 11 is 0. The second-order valence-electron chi connectivity index (χ2n) is 5.10. The molecule has 1 saturated heterocycles. The topological polar surface area (TPSA) is 92.9 Å². The number of aliphatic carboxylic acids is 1. The average Bonchev–Trinajstić information content (AvgIpc) is 2.20. The smallest absolute Gasteiger partial charge is 0.329 e. The van der Waals surface area contributed by atoms with Gasteiger partial charge in [-0.05, 0) is 12.8 Å². The molecule has 0 bridgehead atoms. The van der Waals surface area contributed by atoms with Crippen molar-refractivity contribution in [1.82, 2.24) is 4.90 Å². The van der Waals surface area contributed by atoms with Gasteiger partial charge in [0.15, 0.2) is 0 Å². The summed E-state index contributed by atoms with van der Waals surface area (Å²) in [6.45, 7) is 6.04. The minimum atomic E-state index is -1.00. The molecule has 1 fully saturated rings. The lowest BCUT2D eigenvalue weighted by molar-refractivity contribution is -0.174. The van der Waals surface area contributed by atoms with E-state index < -0.39 is 17.6 Å². The molecule has 1 amide bonds. The first kappa shape index (κ1) is 13.9. The van der Waals surface area contributed by atoms with E-state index in [1.165, 1.54) is 0 Å². The molecular weight excluding hydrogens is 224 g/mol. The lowest BCUT2D eigenvalue weighted by atomic mass is 9.93. The summed E-state index contributed by atoms with van der Waals surface area (Å²) in [7, 11) is 0. The molecule has 0 spiro atoms. The number of carbonyl (C=O) groups is 2. The number of hydrogen-bond acceptors (Lipinski definition) is 4. The van der Waals surface area contributed by atoms with E-state index in [0.717, 1.165) is 0 Å². The minimum absolute atomic E-state index is 0.0919. The normalized spacial score (nSPS) is 19.9. The molecule has 0 saturated carbocycles. The fraction of sp³-hybridized carbons (Fsp3) is 0.818. The number of nitrogens with two attached hydrogens (primary N) is 1. The first-order chi connectivity index (χ1) is 7.75. The van der Waals surface area contributed by atoms with Gasteiger partial charge in [0.25, 0.3) is 0 Å². The maximum absolute atomic E-state index is 11.8. The van der Waals surface area contributed by atoms with Gasteiger partial charge < -0.3 is 20.5 Å². The highest BCUT2D eigenvalue weighted by molar-refractivity contribution is 5.83. The summed E-state index contributed by atoms with van der Waals surface area (Å²) < 4.78 is 5.21. The zero-order chi connectivity index (χ0) is 13.2. The zero-order valence-electron chi connectivity index (χ0n) is 10.5. The Hall–Kier alpha value is -1.14. The second-order valence-corrected chi connectivity index (χ2v) is 5.10. The Morgan fingerprint density at radius 2 is 2.00 bits per heavy atom. The molecule has 3 N–H and O–H groups in total. The molecule has 0 aromatic rings. The predicted octanol–water partition coefficient (Wildman–Crippen LogP) is -0.328. The molecule has 1 rings (SSSR count). The Morgan fingerprint density at radius 3 is 2.41 bits per heavy atom. The van der Waals surface area contributed by atoms with Crippen molar-refractivity contribution in [2.75, 3.05) is 19.7 Å². The molecule has 1 aliphatic rings. The predicted molar refractivity (Wildman–Crippen MR) is 61.4 cm³/mol.